The molecule has 122 valence electrons. The number of carbonyl (C=O) groups excluding carboxylic acids is 1. The molecular formula is C11H21N3O7. The van der Waals surface area contributed by atoms with Crippen LogP contribution in [0.3, 0.4) is 0 Å². The van der Waals surface area contributed by atoms with E-state index in [1.807, 2.05) is 0 Å². The van der Waals surface area contributed by atoms with Crippen molar-refractivity contribution in [3.8, 4) is 0 Å². The van der Waals surface area contributed by atoms with Crippen molar-refractivity contribution in [1.82, 2.24) is 5.01 Å². The van der Waals surface area contributed by atoms with Crippen LogP contribution in [0.25, 0.3) is 0 Å². The second-order valence-electron chi connectivity index (χ2n) is 4.93. The van der Waals surface area contributed by atoms with Crippen molar-refractivity contribution in [2.24, 2.45) is 5.28 Å². The zero-order chi connectivity index (χ0) is 16.6. The fourth-order valence-electron chi connectivity index (χ4n) is 1.14. The normalized spacial score (nSPS) is 13.3. The van der Waals surface area contributed by atoms with Gasteiger partial charge in [0.15, 0.2) is 6.54 Å². The number of hydrogen-bond acceptors (Lipinski definition) is 7. The predicted octanol–water partition coefficient (Wildman–Crippen LogP) is 1.50. The Hall–Kier alpha value is -2.26. The van der Waals surface area contributed by atoms with Crippen molar-refractivity contribution in [3.05, 3.63) is 5.21 Å². The molecule has 10 nitrogen and oxygen atoms in total. The number of rotatable bonds is 7. The number of hydrazine groups is 1. The average Bonchev–Trinajstić information content (AvgIpc) is 2.31. The van der Waals surface area contributed by atoms with Crippen molar-refractivity contribution in [1.29, 1.82) is 0 Å². The standard InChI is InChI=1S/C11H21N3O7/c1-6-19-10(17)20-8(2)21-12-14(18)13(7-9(15)16)11(3,4)5/h8H,6-7H2,1-5H3,(H,15,16). The Balaban J connectivity index is 4.67. The molecule has 1 atom stereocenters. The van der Waals surface area contributed by atoms with Gasteiger partial charge < -0.3 is 19.8 Å². The predicted molar refractivity (Wildman–Crippen MR) is 68.8 cm³/mol. The summed E-state index contributed by atoms with van der Waals surface area (Å²) in [6, 6.07) is 0. The molecule has 0 saturated heterocycles. The van der Waals surface area contributed by atoms with Crippen molar-refractivity contribution in [3.63, 3.8) is 0 Å². The zero-order valence-corrected chi connectivity index (χ0v) is 12.7. The zero-order valence-electron chi connectivity index (χ0n) is 12.7. The van der Waals surface area contributed by atoms with Gasteiger partial charge in [0.05, 0.1) is 17.1 Å². The summed E-state index contributed by atoms with van der Waals surface area (Å²) in [4.78, 5) is 26.4. The van der Waals surface area contributed by atoms with Crippen LogP contribution in [-0.2, 0) is 19.1 Å². The molecule has 0 radical (unpaired) electrons. The summed E-state index contributed by atoms with van der Waals surface area (Å²) in [5, 5.41) is 24.6. The van der Waals surface area contributed by atoms with E-state index in [2.05, 4.69) is 19.6 Å². The average molecular weight is 307 g/mol. The quantitative estimate of drug-likeness (QED) is 0.247. The molecule has 10 heteroatoms. The lowest BCUT2D eigenvalue weighted by Gasteiger charge is -2.28. The first-order valence-corrected chi connectivity index (χ1v) is 6.24. The van der Waals surface area contributed by atoms with Crippen LogP contribution in [-0.4, -0.2) is 52.2 Å². The topological polar surface area (TPSA) is 124 Å². The molecule has 0 aliphatic carbocycles. The van der Waals surface area contributed by atoms with E-state index in [1.54, 1.807) is 27.7 Å². The van der Waals surface area contributed by atoms with Gasteiger partial charge in [0, 0.05) is 6.92 Å². The highest BCUT2D eigenvalue weighted by molar-refractivity contribution is 5.68. The molecule has 0 aliphatic rings. The van der Waals surface area contributed by atoms with Gasteiger partial charge >= 0.3 is 12.1 Å². The Bertz CT molecular complexity index is 392. The summed E-state index contributed by atoms with van der Waals surface area (Å²) >= 11 is 0. The molecule has 0 saturated carbocycles. The number of aliphatic carboxylic acids is 1. The first kappa shape index (κ1) is 18.7. The Morgan fingerprint density at radius 1 is 1.43 bits per heavy atom. The van der Waals surface area contributed by atoms with Crippen LogP contribution >= 0.6 is 0 Å². The second kappa shape index (κ2) is 8.12. The first-order valence-electron chi connectivity index (χ1n) is 6.24. The smallest absolute Gasteiger partial charge is 0.511 e. The van der Waals surface area contributed by atoms with Gasteiger partial charge in [-0.25, -0.2) is 4.79 Å². The largest absolute Gasteiger partial charge is 0.569 e. The number of nitrogens with zero attached hydrogens (tertiary/aromatic N) is 3. The third kappa shape index (κ3) is 7.80. The van der Waals surface area contributed by atoms with Gasteiger partial charge in [0.25, 0.3) is 6.29 Å². The minimum Gasteiger partial charge on any atom is -0.569 e. The molecule has 1 N–H and O–H groups in total. The Morgan fingerprint density at radius 3 is 2.43 bits per heavy atom. The van der Waals surface area contributed by atoms with Crippen LogP contribution in [0.15, 0.2) is 5.28 Å². The molecule has 0 fully saturated rings. The van der Waals surface area contributed by atoms with Gasteiger partial charge in [-0.3, -0.25) is 9.63 Å². The maximum Gasteiger partial charge on any atom is 0.511 e. The number of ether oxygens (including phenoxy) is 2. The molecule has 0 aromatic heterocycles. The summed E-state index contributed by atoms with van der Waals surface area (Å²) in [5.74, 6) is -1.20. The molecule has 21 heavy (non-hydrogen) atoms. The summed E-state index contributed by atoms with van der Waals surface area (Å²) in [5.41, 5.74) is -0.793. The Kier molecular flexibility index (Phi) is 7.25. The van der Waals surface area contributed by atoms with Gasteiger partial charge in [-0.2, -0.15) is 0 Å². The minimum atomic E-state index is -1.20. The molecule has 0 aromatic rings. The van der Waals surface area contributed by atoms with Crippen molar-refractivity contribution in [2.45, 2.75) is 46.4 Å². The van der Waals surface area contributed by atoms with E-state index in [-0.39, 0.29) is 11.6 Å². The summed E-state index contributed by atoms with van der Waals surface area (Å²) in [6.45, 7) is 7.40. The maximum absolute atomic E-state index is 11.8. The van der Waals surface area contributed by atoms with Crippen LogP contribution in [0, 0.1) is 5.21 Å². The number of carbonyl (C=O) groups is 2. The van der Waals surface area contributed by atoms with E-state index in [9.17, 15) is 14.8 Å². The SMILES string of the molecule is CCOC(=O)OC(C)ON=[N+]([O-])N(CC(=O)O)C(C)(C)C. The summed E-state index contributed by atoms with van der Waals surface area (Å²) in [7, 11) is 0. The second-order valence-corrected chi connectivity index (χ2v) is 4.93. The Labute approximate surface area is 122 Å². The molecule has 0 amide bonds. The lowest BCUT2D eigenvalue weighted by molar-refractivity contribution is -0.725. The molecule has 0 aliphatic heterocycles. The highest BCUT2D eigenvalue weighted by Crippen LogP contribution is 2.13. The fraction of sp³-hybridized carbons (Fsp3) is 0.818. The van der Waals surface area contributed by atoms with Gasteiger partial charge in [-0.05, 0) is 27.7 Å². The van der Waals surface area contributed by atoms with E-state index >= 15 is 0 Å². The van der Waals surface area contributed by atoms with E-state index in [0.29, 0.717) is 0 Å². The molecule has 0 rings (SSSR count). The lowest BCUT2D eigenvalue weighted by Crippen LogP contribution is -2.48. The minimum absolute atomic E-state index is 0.000859. The summed E-state index contributed by atoms with van der Waals surface area (Å²) in [6.07, 6.45) is -2.12. The van der Waals surface area contributed by atoms with E-state index in [0.717, 1.165) is 5.01 Å². The first-order chi connectivity index (χ1) is 9.57. The van der Waals surface area contributed by atoms with Gasteiger partial charge in [-0.1, -0.05) is 0 Å². The van der Waals surface area contributed by atoms with Gasteiger partial charge in [-0.15, -0.1) is 5.01 Å². The van der Waals surface area contributed by atoms with Crippen molar-refractivity contribution in [2.75, 3.05) is 13.2 Å². The van der Waals surface area contributed by atoms with Crippen LogP contribution < -0.4 is 0 Å². The number of carboxylic acid groups (broad SMARTS) is 1. The van der Waals surface area contributed by atoms with E-state index in [1.165, 1.54) is 6.92 Å². The maximum atomic E-state index is 11.8. The fourth-order valence-corrected chi connectivity index (χ4v) is 1.14. The van der Waals surface area contributed by atoms with Crippen molar-refractivity contribution < 1.29 is 34.0 Å². The van der Waals surface area contributed by atoms with E-state index in [4.69, 9.17) is 5.11 Å². The molecule has 0 heterocycles. The molecule has 0 spiro atoms. The van der Waals surface area contributed by atoms with Crippen LogP contribution in [0.4, 0.5) is 4.79 Å². The third-order valence-corrected chi connectivity index (χ3v) is 2.06. The van der Waals surface area contributed by atoms with Gasteiger partial charge in [0.2, 0.25) is 5.28 Å². The van der Waals surface area contributed by atoms with Crippen LogP contribution in [0.1, 0.15) is 34.6 Å². The molecule has 1 unspecified atom stereocenters. The molecular weight excluding hydrogens is 286 g/mol. The Morgan fingerprint density at radius 2 is 2.00 bits per heavy atom. The van der Waals surface area contributed by atoms with Crippen molar-refractivity contribution >= 4 is 12.1 Å². The summed E-state index contributed by atoms with van der Waals surface area (Å²) < 4.78 is 9.12. The number of carboxylic acids is 1. The molecule has 0 bridgehead atoms. The monoisotopic (exact) mass is 307 g/mol. The highest BCUT2D eigenvalue weighted by Gasteiger charge is 2.31. The van der Waals surface area contributed by atoms with E-state index < -0.39 is 30.5 Å². The van der Waals surface area contributed by atoms with Gasteiger partial charge in [0.1, 0.15) is 0 Å². The lowest BCUT2D eigenvalue weighted by atomic mass is 10.1. The van der Waals surface area contributed by atoms with Crippen LogP contribution in [0.5, 0.6) is 0 Å². The number of hydrogen-bond donors (Lipinski definition) is 1. The third-order valence-electron chi connectivity index (χ3n) is 2.06. The highest BCUT2D eigenvalue weighted by atomic mass is 16.8. The van der Waals surface area contributed by atoms with Crippen LogP contribution in [0.2, 0.25) is 0 Å². The molecule has 0 aromatic carbocycles.